The Morgan fingerprint density at radius 1 is 1.59 bits per heavy atom. The summed E-state index contributed by atoms with van der Waals surface area (Å²) in [6.07, 6.45) is 0.672. The molecule has 0 unspecified atom stereocenters. The third kappa shape index (κ3) is 2.55. The van der Waals surface area contributed by atoms with E-state index in [0.29, 0.717) is 6.61 Å². The third-order valence-electron chi connectivity index (χ3n) is 2.89. The van der Waals surface area contributed by atoms with Gasteiger partial charge in [-0.25, -0.2) is 4.39 Å². The van der Waals surface area contributed by atoms with Crippen LogP contribution < -0.4 is 5.32 Å². The summed E-state index contributed by atoms with van der Waals surface area (Å²) in [5.41, 5.74) is -0.0677. The molecule has 0 saturated carbocycles. The number of nitrogens with one attached hydrogen (secondary N) is 1. The Morgan fingerprint density at radius 3 is 2.94 bits per heavy atom. The van der Waals surface area contributed by atoms with Gasteiger partial charge in [0.05, 0.1) is 17.7 Å². The van der Waals surface area contributed by atoms with Crippen molar-refractivity contribution in [3.63, 3.8) is 0 Å². The zero-order valence-corrected chi connectivity index (χ0v) is 9.44. The lowest BCUT2D eigenvalue weighted by Crippen LogP contribution is -2.39. The van der Waals surface area contributed by atoms with Crippen LogP contribution in [0.25, 0.3) is 0 Å². The van der Waals surface area contributed by atoms with Gasteiger partial charge in [-0.1, -0.05) is 0 Å². The van der Waals surface area contributed by atoms with Gasteiger partial charge in [0.1, 0.15) is 11.6 Å². The van der Waals surface area contributed by atoms with E-state index in [1.165, 1.54) is 12.1 Å². The number of hydrogen-bond acceptors (Lipinski definition) is 3. The highest BCUT2D eigenvalue weighted by Gasteiger charge is 2.26. The van der Waals surface area contributed by atoms with E-state index in [1.54, 1.807) is 0 Å². The van der Waals surface area contributed by atoms with E-state index < -0.39 is 11.7 Å². The molecular formula is C12H14FNO3. The van der Waals surface area contributed by atoms with Crippen LogP contribution in [0.15, 0.2) is 18.2 Å². The predicted molar refractivity (Wildman–Crippen MR) is 59.4 cm³/mol. The number of carbonyl (C=O) groups is 1. The van der Waals surface area contributed by atoms with Crippen molar-refractivity contribution < 1.29 is 19.0 Å². The Hall–Kier alpha value is -1.62. The highest BCUT2D eigenvalue weighted by molar-refractivity contribution is 5.94. The van der Waals surface area contributed by atoms with Gasteiger partial charge >= 0.3 is 0 Å². The second kappa shape index (κ2) is 4.71. The third-order valence-corrected chi connectivity index (χ3v) is 2.89. The molecule has 2 N–H and O–H groups in total. The van der Waals surface area contributed by atoms with Gasteiger partial charge in [-0.05, 0) is 25.5 Å². The molecule has 1 saturated heterocycles. The summed E-state index contributed by atoms with van der Waals surface area (Å²) < 4.78 is 18.7. The molecule has 1 fully saturated rings. The van der Waals surface area contributed by atoms with Gasteiger partial charge < -0.3 is 15.2 Å². The maximum absolute atomic E-state index is 13.4. The molecular weight excluding hydrogens is 225 g/mol. The first kappa shape index (κ1) is 11.9. The fourth-order valence-corrected chi connectivity index (χ4v) is 1.86. The number of aromatic hydroxyl groups is 1. The van der Waals surface area contributed by atoms with E-state index >= 15 is 0 Å². The van der Waals surface area contributed by atoms with Crippen LogP contribution in [0.4, 0.5) is 4.39 Å². The fraction of sp³-hybridized carbons (Fsp3) is 0.417. The zero-order valence-electron chi connectivity index (χ0n) is 9.44. The van der Waals surface area contributed by atoms with Crippen LogP contribution in [0.3, 0.4) is 0 Å². The van der Waals surface area contributed by atoms with Gasteiger partial charge in [0.2, 0.25) is 0 Å². The second-order valence-electron chi connectivity index (χ2n) is 4.11. The van der Waals surface area contributed by atoms with E-state index in [9.17, 15) is 9.18 Å². The topological polar surface area (TPSA) is 58.6 Å². The summed E-state index contributed by atoms with van der Waals surface area (Å²) in [4.78, 5) is 11.8. The smallest absolute Gasteiger partial charge is 0.254 e. The molecule has 1 heterocycles. The molecule has 0 aliphatic carbocycles. The minimum Gasteiger partial charge on any atom is -0.508 e. The molecule has 5 heteroatoms. The second-order valence-corrected chi connectivity index (χ2v) is 4.11. The molecule has 2 rings (SSSR count). The molecule has 4 nitrogen and oxygen atoms in total. The largest absolute Gasteiger partial charge is 0.508 e. The van der Waals surface area contributed by atoms with Crippen molar-refractivity contribution in [2.45, 2.75) is 25.5 Å². The van der Waals surface area contributed by atoms with Crippen molar-refractivity contribution in [3.05, 3.63) is 29.6 Å². The number of rotatable bonds is 2. The molecule has 1 amide bonds. The Morgan fingerprint density at radius 2 is 2.35 bits per heavy atom. The average Bonchev–Trinajstić information content (AvgIpc) is 2.64. The quantitative estimate of drug-likeness (QED) is 0.821. The molecule has 17 heavy (non-hydrogen) atoms. The van der Waals surface area contributed by atoms with E-state index in [2.05, 4.69) is 5.32 Å². The van der Waals surface area contributed by atoms with Gasteiger partial charge in [0, 0.05) is 12.7 Å². The summed E-state index contributed by atoms with van der Waals surface area (Å²) in [6.45, 7) is 2.47. The van der Waals surface area contributed by atoms with Gasteiger partial charge in [-0.15, -0.1) is 0 Å². The molecule has 92 valence electrons. The summed E-state index contributed by atoms with van der Waals surface area (Å²) in [6, 6.07) is 3.38. The Bertz CT molecular complexity index is 436. The molecule has 1 aliphatic heterocycles. The van der Waals surface area contributed by atoms with Gasteiger partial charge in [0.25, 0.3) is 5.91 Å². The van der Waals surface area contributed by atoms with E-state index in [0.717, 1.165) is 12.5 Å². The maximum Gasteiger partial charge on any atom is 0.254 e. The number of carbonyl (C=O) groups excluding carboxylic acids is 1. The molecule has 2 atom stereocenters. The lowest BCUT2D eigenvalue weighted by Gasteiger charge is -2.16. The predicted octanol–water partition coefficient (Wildman–Crippen LogP) is 1.44. The van der Waals surface area contributed by atoms with Crippen molar-refractivity contribution in [3.8, 4) is 5.75 Å². The first-order valence-corrected chi connectivity index (χ1v) is 5.49. The number of ether oxygens (including phenoxy) is 1. The minimum absolute atomic E-state index is 0.0564. The number of phenols is 1. The molecule has 0 aromatic heterocycles. The molecule has 0 spiro atoms. The van der Waals surface area contributed by atoms with Crippen LogP contribution in [-0.4, -0.2) is 29.8 Å². The highest BCUT2D eigenvalue weighted by Crippen LogP contribution is 2.17. The minimum atomic E-state index is -0.728. The number of benzene rings is 1. The standard InChI is InChI=1S/C12H14FNO3/c1-7-11(4-5-17-7)14-12(16)9-3-2-8(15)6-10(9)13/h2-3,6-7,11,15H,4-5H2,1H3,(H,14,16)/t7-,11-/m1/s1. The van der Waals surface area contributed by atoms with Crippen LogP contribution in [0.5, 0.6) is 5.75 Å². The van der Waals surface area contributed by atoms with E-state index in [4.69, 9.17) is 9.84 Å². The number of halogens is 1. The van der Waals surface area contributed by atoms with E-state index in [-0.39, 0.29) is 23.5 Å². The summed E-state index contributed by atoms with van der Waals surface area (Å²) in [7, 11) is 0. The first-order valence-electron chi connectivity index (χ1n) is 5.49. The Labute approximate surface area is 98.4 Å². The van der Waals surface area contributed by atoms with Crippen LogP contribution in [-0.2, 0) is 4.74 Å². The van der Waals surface area contributed by atoms with E-state index in [1.807, 2.05) is 6.92 Å². The van der Waals surface area contributed by atoms with Gasteiger partial charge in [-0.3, -0.25) is 4.79 Å². The number of hydrogen-bond donors (Lipinski definition) is 2. The summed E-state index contributed by atoms with van der Waals surface area (Å²) >= 11 is 0. The van der Waals surface area contributed by atoms with Crippen molar-refractivity contribution in [2.75, 3.05) is 6.61 Å². The SMILES string of the molecule is C[C@H]1OCC[C@H]1NC(=O)c1ccc(O)cc1F. The molecule has 1 aliphatic rings. The monoisotopic (exact) mass is 239 g/mol. The van der Waals surface area contributed by atoms with Crippen LogP contribution in [0.1, 0.15) is 23.7 Å². The highest BCUT2D eigenvalue weighted by atomic mass is 19.1. The molecule has 0 bridgehead atoms. The normalized spacial score (nSPS) is 23.6. The average molecular weight is 239 g/mol. The van der Waals surface area contributed by atoms with Crippen molar-refractivity contribution in [1.29, 1.82) is 0 Å². The lowest BCUT2D eigenvalue weighted by atomic mass is 10.1. The van der Waals surface area contributed by atoms with Crippen molar-refractivity contribution in [2.24, 2.45) is 0 Å². The van der Waals surface area contributed by atoms with Crippen molar-refractivity contribution >= 4 is 5.91 Å². The molecule has 0 radical (unpaired) electrons. The number of amides is 1. The summed E-state index contributed by atoms with van der Waals surface area (Å²) in [5.74, 6) is -1.41. The Kier molecular flexibility index (Phi) is 3.28. The van der Waals surface area contributed by atoms with Crippen LogP contribution >= 0.6 is 0 Å². The number of phenolic OH excluding ortho intramolecular Hbond substituents is 1. The van der Waals surface area contributed by atoms with Crippen LogP contribution in [0, 0.1) is 5.82 Å². The first-order chi connectivity index (χ1) is 8.08. The fourth-order valence-electron chi connectivity index (χ4n) is 1.86. The van der Waals surface area contributed by atoms with Gasteiger partial charge in [0.15, 0.2) is 0 Å². The van der Waals surface area contributed by atoms with Crippen molar-refractivity contribution in [1.82, 2.24) is 5.32 Å². The lowest BCUT2D eigenvalue weighted by molar-refractivity contribution is 0.0862. The molecule has 1 aromatic carbocycles. The Balaban J connectivity index is 2.09. The summed E-state index contributed by atoms with van der Waals surface area (Å²) in [5, 5.41) is 11.8. The zero-order chi connectivity index (χ0) is 12.4. The van der Waals surface area contributed by atoms with Gasteiger partial charge in [-0.2, -0.15) is 0 Å². The maximum atomic E-state index is 13.4. The van der Waals surface area contributed by atoms with Crippen LogP contribution in [0.2, 0.25) is 0 Å². The molecule has 1 aromatic rings.